The summed E-state index contributed by atoms with van der Waals surface area (Å²) in [5.74, 6) is -0.614. The molecule has 54 valence electrons. The normalized spacial score (nSPS) is 12.8. The molecular weight excluding hydrogens is 122 g/mol. The predicted octanol–water partition coefficient (Wildman–Crippen LogP) is -0.226. The Balaban J connectivity index is 3.45. The molecule has 9 heavy (non-hydrogen) atoms. The van der Waals surface area contributed by atoms with Crippen LogP contribution in [0.15, 0.2) is 0 Å². The van der Waals surface area contributed by atoms with Crippen LogP contribution in [0.4, 0.5) is 0 Å². The topological polar surface area (TPSA) is 58.6 Å². The van der Waals surface area contributed by atoms with Gasteiger partial charge in [0.2, 0.25) is 0 Å². The Hall–Kier alpha value is -0.610. The lowest BCUT2D eigenvalue weighted by Gasteiger charge is -2.05. The van der Waals surface area contributed by atoms with Crippen molar-refractivity contribution in [3.63, 3.8) is 0 Å². The Kier molecular flexibility index (Phi) is 4.00. The van der Waals surface area contributed by atoms with E-state index in [4.69, 9.17) is 5.21 Å². The number of carbonyl (C=O) groups excluding carboxylic acids is 1. The molecule has 0 rings (SSSR count). The molecule has 0 spiro atoms. The third-order valence-corrected chi connectivity index (χ3v) is 1.00. The molecule has 1 unspecified atom stereocenters. The van der Waals surface area contributed by atoms with Crippen LogP contribution in [0.25, 0.3) is 0 Å². The molecule has 0 fully saturated rings. The molecule has 0 bridgehead atoms. The van der Waals surface area contributed by atoms with Crippen molar-refractivity contribution >= 4 is 5.97 Å². The number of rotatable bonds is 3. The summed E-state index contributed by atoms with van der Waals surface area (Å²) in [6, 6.07) is 0. The minimum absolute atomic E-state index is 0.229. The Bertz CT molecular complexity index is 94.2. The molecule has 4 heteroatoms. The Morgan fingerprint density at radius 3 is 2.78 bits per heavy atom. The van der Waals surface area contributed by atoms with Crippen molar-refractivity contribution in [3.8, 4) is 0 Å². The van der Waals surface area contributed by atoms with Gasteiger partial charge >= 0.3 is 5.97 Å². The number of carbonyl (C=O) groups is 1. The molecule has 0 aromatic rings. The van der Waals surface area contributed by atoms with Crippen molar-refractivity contribution in [1.82, 2.24) is 5.48 Å². The molecule has 0 aliphatic carbocycles. The monoisotopic (exact) mass is 133 g/mol. The van der Waals surface area contributed by atoms with E-state index in [1.54, 1.807) is 6.92 Å². The highest BCUT2D eigenvalue weighted by atomic mass is 16.5. The zero-order chi connectivity index (χ0) is 7.28. The molecule has 4 nitrogen and oxygen atoms in total. The fourth-order valence-corrected chi connectivity index (χ4v) is 0.421. The average Bonchev–Trinajstić information content (AvgIpc) is 1.87. The van der Waals surface area contributed by atoms with Crippen molar-refractivity contribution in [2.45, 2.75) is 6.92 Å². The third-order valence-electron chi connectivity index (χ3n) is 1.00. The third kappa shape index (κ3) is 3.05. The number of ether oxygens (including phenoxy) is 1. The predicted molar refractivity (Wildman–Crippen MR) is 31.0 cm³/mol. The second kappa shape index (κ2) is 4.29. The molecule has 0 amide bonds. The quantitative estimate of drug-likeness (QED) is 0.412. The Morgan fingerprint density at radius 2 is 2.44 bits per heavy atom. The van der Waals surface area contributed by atoms with E-state index in [0.29, 0.717) is 0 Å². The van der Waals surface area contributed by atoms with Gasteiger partial charge in [0.25, 0.3) is 0 Å². The lowest BCUT2D eigenvalue weighted by Crippen LogP contribution is -2.24. The van der Waals surface area contributed by atoms with Crippen LogP contribution in [0.5, 0.6) is 0 Å². The maximum Gasteiger partial charge on any atom is 0.309 e. The Morgan fingerprint density at radius 1 is 1.89 bits per heavy atom. The van der Waals surface area contributed by atoms with Gasteiger partial charge in [-0.25, -0.2) is 5.48 Å². The summed E-state index contributed by atoms with van der Waals surface area (Å²) in [4.78, 5) is 10.5. The molecule has 0 saturated heterocycles. The summed E-state index contributed by atoms with van der Waals surface area (Å²) >= 11 is 0. The van der Waals surface area contributed by atoms with Crippen molar-refractivity contribution in [2.75, 3.05) is 13.7 Å². The van der Waals surface area contributed by atoms with Gasteiger partial charge in [-0.15, -0.1) is 0 Å². The van der Waals surface area contributed by atoms with E-state index in [-0.39, 0.29) is 18.4 Å². The number of nitrogens with one attached hydrogen (secondary N) is 1. The first-order chi connectivity index (χ1) is 4.22. The molecule has 1 atom stereocenters. The molecule has 0 aromatic carbocycles. The highest BCUT2D eigenvalue weighted by Crippen LogP contribution is 1.93. The minimum Gasteiger partial charge on any atom is -0.469 e. The first-order valence-corrected chi connectivity index (χ1v) is 2.67. The molecule has 0 saturated carbocycles. The maximum atomic E-state index is 10.5. The van der Waals surface area contributed by atoms with Gasteiger partial charge in [-0.05, 0) is 0 Å². The van der Waals surface area contributed by atoms with Gasteiger partial charge in [-0.3, -0.25) is 4.79 Å². The van der Waals surface area contributed by atoms with Gasteiger partial charge in [-0.2, -0.15) is 0 Å². The van der Waals surface area contributed by atoms with Crippen LogP contribution in [-0.2, 0) is 9.53 Å². The number of hydrogen-bond donors (Lipinski definition) is 2. The van der Waals surface area contributed by atoms with Gasteiger partial charge < -0.3 is 9.94 Å². The van der Waals surface area contributed by atoms with Crippen LogP contribution in [0.1, 0.15) is 6.92 Å². The minimum atomic E-state index is -0.323. The van der Waals surface area contributed by atoms with Crippen molar-refractivity contribution in [3.05, 3.63) is 0 Å². The van der Waals surface area contributed by atoms with Gasteiger partial charge in [0, 0.05) is 6.54 Å². The van der Waals surface area contributed by atoms with Crippen molar-refractivity contribution in [1.29, 1.82) is 0 Å². The van der Waals surface area contributed by atoms with E-state index in [1.807, 2.05) is 5.48 Å². The van der Waals surface area contributed by atoms with E-state index in [2.05, 4.69) is 4.74 Å². The van der Waals surface area contributed by atoms with E-state index in [1.165, 1.54) is 7.11 Å². The van der Waals surface area contributed by atoms with Crippen LogP contribution in [0.3, 0.4) is 0 Å². The molecular formula is C5H11NO3. The van der Waals surface area contributed by atoms with E-state index >= 15 is 0 Å². The van der Waals surface area contributed by atoms with Crippen LogP contribution >= 0.6 is 0 Å². The highest BCUT2D eigenvalue weighted by Gasteiger charge is 2.10. The van der Waals surface area contributed by atoms with Gasteiger partial charge in [0.1, 0.15) is 0 Å². The first kappa shape index (κ1) is 8.39. The molecule has 0 aliphatic rings. The maximum absolute atomic E-state index is 10.5. The summed E-state index contributed by atoms with van der Waals surface area (Å²) < 4.78 is 4.37. The fraction of sp³-hybridized carbons (Fsp3) is 0.800. The second-order valence-corrected chi connectivity index (χ2v) is 1.79. The number of hydrogen-bond acceptors (Lipinski definition) is 4. The van der Waals surface area contributed by atoms with Crippen LogP contribution < -0.4 is 5.48 Å². The highest BCUT2D eigenvalue weighted by molar-refractivity contribution is 5.71. The zero-order valence-electron chi connectivity index (χ0n) is 5.55. The fourth-order valence-electron chi connectivity index (χ4n) is 0.421. The number of methoxy groups -OCH3 is 1. The molecule has 2 N–H and O–H groups in total. The van der Waals surface area contributed by atoms with Gasteiger partial charge in [0.05, 0.1) is 13.0 Å². The van der Waals surface area contributed by atoms with Crippen LogP contribution in [0.2, 0.25) is 0 Å². The van der Waals surface area contributed by atoms with Crippen LogP contribution in [0, 0.1) is 5.92 Å². The number of esters is 1. The summed E-state index contributed by atoms with van der Waals surface area (Å²) in [5, 5.41) is 8.12. The lowest BCUT2D eigenvalue weighted by molar-refractivity contribution is -0.145. The molecule has 0 radical (unpaired) electrons. The average molecular weight is 133 g/mol. The number of hydroxylamine groups is 1. The summed E-state index contributed by atoms with van der Waals surface area (Å²) in [5.41, 5.74) is 1.88. The summed E-state index contributed by atoms with van der Waals surface area (Å²) in [6.45, 7) is 1.89. The smallest absolute Gasteiger partial charge is 0.309 e. The van der Waals surface area contributed by atoms with E-state index in [9.17, 15) is 4.79 Å². The molecule has 0 aliphatic heterocycles. The van der Waals surface area contributed by atoms with Gasteiger partial charge in [0.15, 0.2) is 0 Å². The Labute approximate surface area is 53.8 Å². The van der Waals surface area contributed by atoms with Crippen molar-refractivity contribution < 1.29 is 14.7 Å². The molecule has 0 aromatic heterocycles. The SMILES string of the molecule is COC(=O)C(C)CNO. The zero-order valence-corrected chi connectivity index (χ0v) is 5.55. The van der Waals surface area contributed by atoms with Crippen LogP contribution in [-0.4, -0.2) is 24.8 Å². The standard InChI is InChI=1S/C5H11NO3/c1-4(3-6-8)5(7)9-2/h4,6,8H,3H2,1-2H3. The summed E-state index contributed by atoms with van der Waals surface area (Å²) in [7, 11) is 1.32. The second-order valence-electron chi connectivity index (χ2n) is 1.79. The van der Waals surface area contributed by atoms with Crippen molar-refractivity contribution in [2.24, 2.45) is 5.92 Å². The largest absolute Gasteiger partial charge is 0.469 e. The van der Waals surface area contributed by atoms with E-state index < -0.39 is 0 Å². The lowest BCUT2D eigenvalue weighted by atomic mass is 10.2. The summed E-state index contributed by atoms with van der Waals surface area (Å²) in [6.07, 6.45) is 0. The first-order valence-electron chi connectivity index (χ1n) is 2.67. The van der Waals surface area contributed by atoms with E-state index in [0.717, 1.165) is 0 Å². The molecule has 0 heterocycles. The van der Waals surface area contributed by atoms with Gasteiger partial charge in [-0.1, -0.05) is 6.92 Å².